The number of H-pyrrole nitrogens is 1. The molecule has 0 saturated carbocycles. The van der Waals surface area contributed by atoms with Crippen molar-refractivity contribution >= 4 is 11.6 Å². The van der Waals surface area contributed by atoms with Gasteiger partial charge in [-0.2, -0.15) is 5.21 Å². The number of anilines is 1. The van der Waals surface area contributed by atoms with E-state index in [1.54, 1.807) is 0 Å². The molecule has 2 aromatic rings. The molecule has 0 bridgehead atoms. The molecule has 0 atom stereocenters. The number of nitrogens with one attached hydrogen (secondary N) is 3. The van der Waals surface area contributed by atoms with Crippen molar-refractivity contribution in [2.24, 2.45) is 0 Å². The Morgan fingerprint density at radius 1 is 1.42 bits per heavy atom. The quantitative estimate of drug-likeness (QED) is 0.668. The molecule has 0 saturated heterocycles. The molecule has 0 spiro atoms. The van der Waals surface area contributed by atoms with E-state index >= 15 is 0 Å². The molecule has 1 heterocycles. The number of hydrogen-bond donors (Lipinski definition) is 3. The monoisotopic (exact) mass is 260 g/mol. The molecule has 1 aromatic heterocycles. The predicted molar refractivity (Wildman–Crippen MR) is 71.4 cm³/mol. The van der Waals surface area contributed by atoms with Crippen LogP contribution < -0.4 is 10.6 Å². The lowest BCUT2D eigenvalue weighted by molar-refractivity contribution is -0.115. The first-order chi connectivity index (χ1) is 9.29. The highest BCUT2D eigenvalue weighted by Crippen LogP contribution is 2.17. The van der Waals surface area contributed by atoms with Gasteiger partial charge in [0.1, 0.15) is 0 Å². The Morgan fingerprint density at radius 2 is 2.32 bits per heavy atom. The average molecular weight is 260 g/mol. The van der Waals surface area contributed by atoms with E-state index < -0.39 is 0 Å². The first-order valence-corrected chi connectivity index (χ1v) is 6.14. The van der Waals surface area contributed by atoms with Crippen LogP contribution in [0.25, 0.3) is 11.4 Å². The van der Waals surface area contributed by atoms with Crippen LogP contribution in [0, 0.1) is 0 Å². The molecular weight excluding hydrogens is 244 g/mol. The van der Waals surface area contributed by atoms with Crippen molar-refractivity contribution in [2.45, 2.75) is 13.3 Å². The highest BCUT2D eigenvalue weighted by Gasteiger charge is 2.05. The molecule has 1 amide bonds. The summed E-state index contributed by atoms with van der Waals surface area (Å²) in [6.07, 6.45) is 1.00. The van der Waals surface area contributed by atoms with E-state index in [1.165, 1.54) is 0 Å². The Bertz CT molecular complexity index is 525. The summed E-state index contributed by atoms with van der Waals surface area (Å²) in [6, 6.07) is 7.32. The molecule has 0 aliphatic carbocycles. The summed E-state index contributed by atoms with van der Waals surface area (Å²) in [7, 11) is 0. The van der Waals surface area contributed by atoms with E-state index in [0.717, 1.165) is 18.5 Å². The van der Waals surface area contributed by atoms with Gasteiger partial charge in [-0.15, -0.1) is 10.2 Å². The molecule has 0 unspecified atom stereocenters. The third-order valence-corrected chi connectivity index (χ3v) is 2.46. The van der Waals surface area contributed by atoms with Crippen LogP contribution in [-0.4, -0.2) is 39.6 Å². The zero-order valence-electron chi connectivity index (χ0n) is 10.7. The number of amides is 1. The van der Waals surface area contributed by atoms with Crippen LogP contribution in [0.5, 0.6) is 0 Å². The Labute approximate surface area is 110 Å². The molecule has 1 aromatic carbocycles. The summed E-state index contributed by atoms with van der Waals surface area (Å²) in [6.45, 7) is 3.19. The normalized spacial score (nSPS) is 10.4. The van der Waals surface area contributed by atoms with Gasteiger partial charge in [0.15, 0.2) is 0 Å². The van der Waals surface area contributed by atoms with Crippen LogP contribution in [0.1, 0.15) is 13.3 Å². The summed E-state index contributed by atoms with van der Waals surface area (Å²) in [4.78, 5) is 11.7. The minimum Gasteiger partial charge on any atom is -0.325 e. The Balaban J connectivity index is 1.97. The summed E-state index contributed by atoms with van der Waals surface area (Å²) >= 11 is 0. The second-order valence-corrected chi connectivity index (χ2v) is 4.04. The third kappa shape index (κ3) is 3.85. The summed E-state index contributed by atoms with van der Waals surface area (Å²) in [5, 5.41) is 19.6. The van der Waals surface area contributed by atoms with Crippen molar-refractivity contribution in [3.8, 4) is 11.4 Å². The van der Waals surface area contributed by atoms with Crippen LogP contribution in [0.2, 0.25) is 0 Å². The maximum absolute atomic E-state index is 11.7. The summed E-state index contributed by atoms with van der Waals surface area (Å²) in [5.41, 5.74) is 1.51. The SMILES string of the molecule is CCCNCC(=O)Nc1cccc(-c2nn[nH]n2)c1. The molecule has 100 valence electrons. The number of carbonyl (C=O) groups is 1. The van der Waals surface area contributed by atoms with E-state index in [2.05, 4.69) is 38.2 Å². The van der Waals surface area contributed by atoms with Gasteiger partial charge in [0.25, 0.3) is 0 Å². The fourth-order valence-electron chi connectivity index (χ4n) is 1.60. The topological polar surface area (TPSA) is 95.6 Å². The van der Waals surface area contributed by atoms with Crippen molar-refractivity contribution in [2.75, 3.05) is 18.4 Å². The lowest BCUT2D eigenvalue weighted by Crippen LogP contribution is -2.28. The lowest BCUT2D eigenvalue weighted by atomic mass is 10.2. The fraction of sp³-hybridized carbons (Fsp3) is 0.333. The van der Waals surface area contributed by atoms with Crippen molar-refractivity contribution in [1.29, 1.82) is 0 Å². The number of aromatic amines is 1. The van der Waals surface area contributed by atoms with Crippen LogP contribution in [-0.2, 0) is 4.79 Å². The van der Waals surface area contributed by atoms with Crippen molar-refractivity contribution in [3.63, 3.8) is 0 Å². The van der Waals surface area contributed by atoms with E-state index in [4.69, 9.17) is 0 Å². The zero-order chi connectivity index (χ0) is 13.5. The lowest BCUT2D eigenvalue weighted by Gasteiger charge is -2.06. The van der Waals surface area contributed by atoms with Gasteiger partial charge in [-0.3, -0.25) is 4.79 Å². The van der Waals surface area contributed by atoms with Gasteiger partial charge in [0.05, 0.1) is 6.54 Å². The smallest absolute Gasteiger partial charge is 0.238 e. The van der Waals surface area contributed by atoms with Crippen molar-refractivity contribution in [3.05, 3.63) is 24.3 Å². The van der Waals surface area contributed by atoms with Crippen LogP contribution >= 0.6 is 0 Å². The number of rotatable bonds is 6. The first kappa shape index (κ1) is 13.2. The van der Waals surface area contributed by atoms with Gasteiger partial charge in [0, 0.05) is 11.3 Å². The molecule has 7 nitrogen and oxygen atoms in total. The fourth-order valence-corrected chi connectivity index (χ4v) is 1.60. The molecule has 2 rings (SSSR count). The molecule has 0 aliphatic heterocycles. The third-order valence-electron chi connectivity index (χ3n) is 2.46. The highest BCUT2D eigenvalue weighted by atomic mass is 16.1. The number of tetrazole rings is 1. The van der Waals surface area contributed by atoms with E-state index in [1.807, 2.05) is 24.3 Å². The highest BCUT2D eigenvalue weighted by molar-refractivity contribution is 5.92. The van der Waals surface area contributed by atoms with Gasteiger partial charge in [-0.25, -0.2) is 0 Å². The molecule has 0 aliphatic rings. The minimum atomic E-state index is -0.0706. The van der Waals surface area contributed by atoms with Crippen LogP contribution in [0.4, 0.5) is 5.69 Å². The molecule has 3 N–H and O–H groups in total. The Kier molecular flexibility index (Phi) is 4.57. The molecule has 19 heavy (non-hydrogen) atoms. The van der Waals surface area contributed by atoms with Gasteiger partial charge in [-0.1, -0.05) is 19.1 Å². The maximum Gasteiger partial charge on any atom is 0.238 e. The van der Waals surface area contributed by atoms with Gasteiger partial charge in [0.2, 0.25) is 11.7 Å². The number of hydrogen-bond acceptors (Lipinski definition) is 5. The minimum absolute atomic E-state index is 0.0706. The average Bonchev–Trinajstić information content (AvgIpc) is 2.93. The molecule has 0 radical (unpaired) electrons. The summed E-state index contributed by atoms with van der Waals surface area (Å²) in [5.74, 6) is 0.430. The predicted octanol–water partition coefficient (Wildman–Crippen LogP) is 0.805. The maximum atomic E-state index is 11.7. The second kappa shape index (κ2) is 6.60. The second-order valence-electron chi connectivity index (χ2n) is 4.04. The van der Waals surface area contributed by atoms with Crippen molar-refractivity contribution < 1.29 is 4.79 Å². The van der Waals surface area contributed by atoms with E-state index in [0.29, 0.717) is 18.1 Å². The summed E-state index contributed by atoms with van der Waals surface area (Å²) < 4.78 is 0. The van der Waals surface area contributed by atoms with Crippen LogP contribution in [0.15, 0.2) is 24.3 Å². The Hall–Kier alpha value is -2.28. The van der Waals surface area contributed by atoms with Crippen molar-refractivity contribution in [1.82, 2.24) is 25.9 Å². The Morgan fingerprint density at radius 3 is 3.05 bits per heavy atom. The van der Waals surface area contributed by atoms with Gasteiger partial charge in [-0.05, 0) is 30.3 Å². The molecule has 7 heteroatoms. The number of benzene rings is 1. The molecular formula is C12H16N6O. The molecule has 0 fully saturated rings. The standard InChI is InChI=1S/C12H16N6O/c1-2-6-13-8-11(19)14-10-5-3-4-9(7-10)12-15-17-18-16-12/h3-5,7,13H,2,6,8H2,1H3,(H,14,19)(H,15,16,17,18). The first-order valence-electron chi connectivity index (χ1n) is 6.14. The number of carbonyl (C=O) groups excluding carboxylic acids is 1. The number of nitrogens with zero attached hydrogens (tertiary/aromatic N) is 3. The van der Waals surface area contributed by atoms with Crippen LogP contribution in [0.3, 0.4) is 0 Å². The number of aromatic nitrogens is 4. The zero-order valence-corrected chi connectivity index (χ0v) is 10.7. The van der Waals surface area contributed by atoms with E-state index in [-0.39, 0.29) is 5.91 Å². The van der Waals surface area contributed by atoms with Gasteiger partial charge >= 0.3 is 0 Å². The van der Waals surface area contributed by atoms with Gasteiger partial charge < -0.3 is 10.6 Å². The van der Waals surface area contributed by atoms with E-state index in [9.17, 15) is 4.79 Å². The largest absolute Gasteiger partial charge is 0.325 e.